The maximum absolute atomic E-state index is 2.65. The Morgan fingerprint density at radius 1 is 1.14 bits per heavy atom. The SMILES string of the molecule is CCCC1c2ccc(CN(CC)CC)cc2CCN1CC. The quantitative estimate of drug-likeness (QED) is 0.740. The Hall–Kier alpha value is -0.860. The Morgan fingerprint density at radius 3 is 2.52 bits per heavy atom. The second-order valence-corrected chi connectivity index (χ2v) is 6.18. The van der Waals surface area contributed by atoms with E-state index in [1.54, 1.807) is 11.1 Å². The van der Waals surface area contributed by atoms with Crippen LogP contribution in [0.4, 0.5) is 0 Å². The van der Waals surface area contributed by atoms with Crippen LogP contribution in [-0.2, 0) is 13.0 Å². The van der Waals surface area contributed by atoms with Gasteiger partial charge in [-0.15, -0.1) is 0 Å². The van der Waals surface area contributed by atoms with E-state index in [1.807, 2.05) is 0 Å². The largest absolute Gasteiger partial charge is 0.300 e. The fraction of sp³-hybridized carbons (Fsp3) is 0.684. The topological polar surface area (TPSA) is 6.48 Å². The monoisotopic (exact) mass is 288 g/mol. The molecule has 1 atom stereocenters. The van der Waals surface area contributed by atoms with Gasteiger partial charge >= 0.3 is 0 Å². The third kappa shape index (κ3) is 3.87. The number of rotatable bonds is 7. The number of hydrogen-bond donors (Lipinski definition) is 0. The van der Waals surface area contributed by atoms with Crippen LogP contribution in [0, 0.1) is 0 Å². The third-order valence-electron chi connectivity index (χ3n) is 4.94. The van der Waals surface area contributed by atoms with Crippen molar-refractivity contribution in [2.24, 2.45) is 0 Å². The minimum absolute atomic E-state index is 0.645. The molecule has 0 aromatic heterocycles. The van der Waals surface area contributed by atoms with Crippen molar-refractivity contribution in [3.8, 4) is 0 Å². The van der Waals surface area contributed by atoms with E-state index in [2.05, 4.69) is 55.7 Å². The lowest BCUT2D eigenvalue weighted by molar-refractivity contribution is 0.184. The molecule has 1 aromatic carbocycles. The Balaban J connectivity index is 2.20. The summed E-state index contributed by atoms with van der Waals surface area (Å²) in [6, 6.07) is 7.89. The molecule has 0 spiro atoms. The van der Waals surface area contributed by atoms with Crippen molar-refractivity contribution in [1.29, 1.82) is 0 Å². The summed E-state index contributed by atoms with van der Waals surface area (Å²) in [7, 11) is 0. The highest BCUT2D eigenvalue weighted by molar-refractivity contribution is 5.36. The highest BCUT2D eigenvalue weighted by atomic mass is 15.2. The molecule has 1 heterocycles. The van der Waals surface area contributed by atoms with E-state index >= 15 is 0 Å². The maximum Gasteiger partial charge on any atom is 0.0350 e. The maximum atomic E-state index is 2.65. The van der Waals surface area contributed by atoms with Crippen molar-refractivity contribution in [3.05, 3.63) is 34.9 Å². The van der Waals surface area contributed by atoms with Gasteiger partial charge in [-0.25, -0.2) is 0 Å². The molecule has 2 heteroatoms. The number of likely N-dealkylation sites (N-methyl/N-ethyl adjacent to an activating group) is 1. The fourth-order valence-corrected chi connectivity index (χ4v) is 3.61. The first kappa shape index (κ1) is 16.5. The predicted molar refractivity (Wildman–Crippen MR) is 91.7 cm³/mol. The van der Waals surface area contributed by atoms with Gasteiger partial charge in [0, 0.05) is 19.1 Å². The Morgan fingerprint density at radius 2 is 1.90 bits per heavy atom. The number of fused-ring (bicyclic) bond motifs is 1. The summed E-state index contributed by atoms with van der Waals surface area (Å²) in [5.41, 5.74) is 4.67. The van der Waals surface area contributed by atoms with E-state index in [0.717, 1.165) is 19.6 Å². The molecule has 0 bridgehead atoms. The first-order chi connectivity index (χ1) is 10.2. The molecule has 0 N–H and O–H groups in total. The number of benzene rings is 1. The second kappa shape index (κ2) is 7.95. The molecule has 118 valence electrons. The molecule has 1 aliphatic heterocycles. The smallest absolute Gasteiger partial charge is 0.0350 e. The first-order valence-corrected chi connectivity index (χ1v) is 8.81. The molecule has 2 nitrogen and oxygen atoms in total. The molecule has 0 radical (unpaired) electrons. The lowest BCUT2D eigenvalue weighted by atomic mass is 9.88. The Kier molecular flexibility index (Phi) is 6.25. The zero-order chi connectivity index (χ0) is 15.2. The van der Waals surface area contributed by atoms with E-state index in [-0.39, 0.29) is 0 Å². The van der Waals surface area contributed by atoms with E-state index in [4.69, 9.17) is 0 Å². The summed E-state index contributed by atoms with van der Waals surface area (Å²) in [4.78, 5) is 5.14. The van der Waals surface area contributed by atoms with Gasteiger partial charge in [0.05, 0.1) is 0 Å². The Labute approximate surface area is 131 Å². The molecule has 0 aliphatic carbocycles. The second-order valence-electron chi connectivity index (χ2n) is 6.18. The van der Waals surface area contributed by atoms with Crippen LogP contribution < -0.4 is 0 Å². The summed E-state index contributed by atoms with van der Waals surface area (Å²) < 4.78 is 0. The highest BCUT2D eigenvalue weighted by Gasteiger charge is 2.25. The van der Waals surface area contributed by atoms with Gasteiger partial charge in [0.25, 0.3) is 0 Å². The minimum atomic E-state index is 0.645. The van der Waals surface area contributed by atoms with Crippen LogP contribution in [0.5, 0.6) is 0 Å². The van der Waals surface area contributed by atoms with Gasteiger partial charge in [-0.3, -0.25) is 9.80 Å². The summed E-state index contributed by atoms with van der Waals surface area (Å²) in [6.45, 7) is 14.9. The van der Waals surface area contributed by atoms with E-state index in [0.29, 0.717) is 6.04 Å². The molecule has 21 heavy (non-hydrogen) atoms. The molecule has 0 fully saturated rings. The van der Waals surface area contributed by atoms with Gasteiger partial charge in [-0.1, -0.05) is 52.3 Å². The van der Waals surface area contributed by atoms with Crippen molar-refractivity contribution in [2.45, 2.75) is 59.5 Å². The lowest BCUT2D eigenvalue weighted by Crippen LogP contribution is -2.35. The summed E-state index contributed by atoms with van der Waals surface area (Å²) >= 11 is 0. The normalized spacial score (nSPS) is 19.0. The first-order valence-electron chi connectivity index (χ1n) is 8.81. The van der Waals surface area contributed by atoms with Crippen LogP contribution in [0.25, 0.3) is 0 Å². The van der Waals surface area contributed by atoms with Crippen LogP contribution in [0.2, 0.25) is 0 Å². The van der Waals surface area contributed by atoms with Crippen molar-refractivity contribution < 1.29 is 0 Å². The molecule has 0 saturated carbocycles. The van der Waals surface area contributed by atoms with Crippen LogP contribution in [0.3, 0.4) is 0 Å². The van der Waals surface area contributed by atoms with Crippen LogP contribution in [-0.4, -0.2) is 36.0 Å². The van der Waals surface area contributed by atoms with E-state index < -0.39 is 0 Å². The van der Waals surface area contributed by atoms with Crippen LogP contribution in [0.1, 0.15) is 63.3 Å². The highest BCUT2D eigenvalue weighted by Crippen LogP contribution is 2.33. The molecule has 1 unspecified atom stereocenters. The lowest BCUT2D eigenvalue weighted by Gasteiger charge is -2.37. The van der Waals surface area contributed by atoms with E-state index in [1.165, 1.54) is 37.9 Å². The average Bonchev–Trinajstić information content (AvgIpc) is 2.53. The fourth-order valence-electron chi connectivity index (χ4n) is 3.61. The predicted octanol–water partition coefficient (Wildman–Crippen LogP) is 4.25. The zero-order valence-electron chi connectivity index (χ0n) is 14.4. The molecule has 0 amide bonds. The van der Waals surface area contributed by atoms with Gasteiger partial charge in [0.1, 0.15) is 0 Å². The third-order valence-corrected chi connectivity index (χ3v) is 4.94. The molecule has 1 aromatic rings. The molecule has 0 saturated heterocycles. The zero-order valence-corrected chi connectivity index (χ0v) is 14.4. The van der Waals surface area contributed by atoms with Gasteiger partial charge in [-0.2, -0.15) is 0 Å². The van der Waals surface area contributed by atoms with Crippen LogP contribution >= 0.6 is 0 Å². The minimum Gasteiger partial charge on any atom is -0.300 e. The molecule has 2 rings (SSSR count). The molecular weight excluding hydrogens is 256 g/mol. The average molecular weight is 288 g/mol. The van der Waals surface area contributed by atoms with Crippen molar-refractivity contribution in [2.75, 3.05) is 26.2 Å². The summed E-state index contributed by atoms with van der Waals surface area (Å²) in [6.07, 6.45) is 3.77. The van der Waals surface area contributed by atoms with Crippen molar-refractivity contribution in [3.63, 3.8) is 0 Å². The van der Waals surface area contributed by atoms with Gasteiger partial charge in [-0.05, 0) is 49.2 Å². The van der Waals surface area contributed by atoms with Crippen molar-refractivity contribution in [1.82, 2.24) is 9.80 Å². The number of hydrogen-bond acceptors (Lipinski definition) is 2. The van der Waals surface area contributed by atoms with Crippen LogP contribution in [0.15, 0.2) is 18.2 Å². The molecular formula is C19H32N2. The summed E-state index contributed by atoms with van der Waals surface area (Å²) in [5.74, 6) is 0. The standard InChI is InChI=1S/C19H32N2/c1-5-9-19-18-11-10-16(15-20(6-2)7-3)14-17(18)12-13-21(19)8-4/h10-11,14,19H,5-9,12-13,15H2,1-4H3. The Bertz CT molecular complexity index is 437. The number of nitrogens with zero attached hydrogens (tertiary/aromatic N) is 2. The van der Waals surface area contributed by atoms with Gasteiger partial charge in [0.15, 0.2) is 0 Å². The summed E-state index contributed by atoms with van der Waals surface area (Å²) in [5, 5.41) is 0. The van der Waals surface area contributed by atoms with Crippen molar-refractivity contribution >= 4 is 0 Å². The van der Waals surface area contributed by atoms with Gasteiger partial charge < -0.3 is 0 Å². The van der Waals surface area contributed by atoms with Gasteiger partial charge in [0.2, 0.25) is 0 Å². The molecule has 1 aliphatic rings. The van der Waals surface area contributed by atoms with E-state index in [9.17, 15) is 0 Å².